The molecule has 2 bridgehead atoms. The van der Waals surface area contributed by atoms with E-state index < -0.39 is 22.8 Å². The first kappa shape index (κ1) is 27.4. The van der Waals surface area contributed by atoms with Gasteiger partial charge in [0.25, 0.3) is 0 Å². The van der Waals surface area contributed by atoms with Crippen LogP contribution in [0.25, 0.3) is 0 Å². The highest BCUT2D eigenvalue weighted by Gasteiger charge is 2.56. The molecular weight excluding hydrogens is 490 g/mol. The topological polar surface area (TPSA) is 46.6 Å². The van der Waals surface area contributed by atoms with Gasteiger partial charge in [-0.25, -0.2) is 8.78 Å². The maximum absolute atomic E-state index is 15.0. The number of hydrogen-bond acceptors (Lipinski definition) is 3. The van der Waals surface area contributed by atoms with Crippen LogP contribution in [0.1, 0.15) is 90.0 Å². The van der Waals surface area contributed by atoms with Crippen molar-refractivity contribution in [2.45, 2.75) is 102 Å². The molecule has 1 saturated carbocycles. The van der Waals surface area contributed by atoms with Crippen LogP contribution in [-0.4, -0.2) is 63.0 Å². The zero-order valence-electron chi connectivity index (χ0n) is 23.0. The number of halogens is 2. The molecule has 1 aliphatic carbocycles. The van der Waals surface area contributed by atoms with E-state index in [-0.39, 0.29) is 40.8 Å². The normalized spacial score (nSPS) is 34.2. The fourth-order valence-corrected chi connectivity index (χ4v) is 9.62. The van der Waals surface area contributed by atoms with Crippen molar-refractivity contribution in [2.75, 3.05) is 25.1 Å². The molecule has 0 aromatic heterocycles. The smallest absolute Gasteiger partial charge is 0.228 e. The first-order valence-corrected chi connectivity index (χ1v) is 16.0. The van der Waals surface area contributed by atoms with Gasteiger partial charge in [-0.1, -0.05) is 36.5 Å². The molecule has 7 heteroatoms. The van der Waals surface area contributed by atoms with Crippen molar-refractivity contribution < 1.29 is 18.1 Å². The lowest BCUT2D eigenvalue weighted by Gasteiger charge is -2.51. The number of amides is 1. The molecule has 0 spiro atoms. The molecule has 0 N–H and O–H groups in total. The minimum Gasteiger partial charge on any atom is -0.617 e. The molecule has 4 nitrogen and oxygen atoms in total. The molecule has 5 atom stereocenters. The lowest BCUT2D eigenvalue weighted by molar-refractivity contribution is -0.143. The molecule has 1 aromatic carbocycles. The second-order valence-electron chi connectivity index (χ2n) is 13.4. The molecule has 4 unspecified atom stereocenters. The third-order valence-corrected chi connectivity index (χ3v) is 11.0. The summed E-state index contributed by atoms with van der Waals surface area (Å²) in [7, 11) is 0. The molecule has 37 heavy (non-hydrogen) atoms. The molecule has 206 valence electrons. The van der Waals surface area contributed by atoms with Gasteiger partial charge >= 0.3 is 0 Å². The lowest BCUT2D eigenvalue weighted by Crippen LogP contribution is -2.56. The van der Waals surface area contributed by atoms with Crippen molar-refractivity contribution in [3.8, 4) is 0 Å². The highest BCUT2D eigenvalue weighted by Crippen LogP contribution is 2.54. The first-order chi connectivity index (χ1) is 17.5. The van der Waals surface area contributed by atoms with E-state index in [0.29, 0.717) is 24.6 Å². The van der Waals surface area contributed by atoms with Gasteiger partial charge < -0.3 is 9.45 Å². The summed E-state index contributed by atoms with van der Waals surface area (Å²) in [6.07, 6.45) is 12.0. The van der Waals surface area contributed by atoms with Gasteiger partial charge in [0.1, 0.15) is 17.4 Å². The van der Waals surface area contributed by atoms with Crippen LogP contribution in [0.15, 0.2) is 18.2 Å². The van der Waals surface area contributed by atoms with Crippen LogP contribution in [0.4, 0.5) is 8.78 Å². The van der Waals surface area contributed by atoms with Crippen LogP contribution < -0.4 is 0 Å². The van der Waals surface area contributed by atoms with Gasteiger partial charge in [-0.2, -0.15) is 0 Å². The van der Waals surface area contributed by atoms with E-state index in [9.17, 15) is 18.1 Å². The van der Waals surface area contributed by atoms with Crippen LogP contribution in [0.2, 0.25) is 0 Å². The van der Waals surface area contributed by atoms with Crippen molar-refractivity contribution in [1.82, 2.24) is 9.80 Å². The van der Waals surface area contributed by atoms with Crippen molar-refractivity contribution in [1.29, 1.82) is 0 Å². The number of likely N-dealkylation sites (tertiary alicyclic amines) is 1. The summed E-state index contributed by atoms with van der Waals surface area (Å²) in [6.45, 7) is 7.57. The first-order valence-electron chi connectivity index (χ1n) is 14.3. The Hall–Kier alpha value is -1.18. The third-order valence-electron chi connectivity index (χ3n) is 10.1. The Morgan fingerprint density at radius 1 is 1.05 bits per heavy atom. The predicted octanol–water partition coefficient (Wildman–Crippen LogP) is 5.88. The Balaban J connectivity index is 1.42. The van der Waals surface area contributed by atoms with Crippen LogP contribution in [-0.2, 0) is 16.0 Å². The average Bonchev–Trinajstić information content (AvgIpc) is 3.39. The number of carbonyl (C=O) groups excluding carboxylic acids is 1. The average molecular weight is 535 g/mol. The van der Waals surface area contributed by atoms with Gasteiger partial charge in [-0.05, 0) is 76.8 Å². The second kappa shape index (κ2) is 10.4. The quantitative estimate of drug-likeness (QED) is 0.444. The number of carbonyl (C=O) groups is 1. The van der Waals surface area contributed by atoms with Crippen molar-refractivity contribution >= 4 is 17.1 Å². The van der Waals surface area contributed by atoms with Crippen molar-refractivity contribution in [3.05, 3.63) is 35.4 Å². The number of fused-ring (bicyclic) bond motifs is 2. The molecule has 0 radical (unpaired) electrons. The Morgan fingerprint density at radius 2 is 1.70 bits per heavy atom. The monoisotopic (exact) mass is 534 g/mol. The largest absolute Gasteiger partial charge is 0.617 e. The van der Waals surface area contributed by atoms with Gasteiger partial charge in [0.2, 0.25) is 5.91 Å². The van der Waals surface area contributed by atoms with Crippen LogP contribution in [0, 0.1) is 28.9 Å². The maximum atomic E-state index is 15.0. The van der Waals surface area contributed by atoms with E-state index in [1.165, 1.54) is 44.2 Å². The van der Waals surface area contributed by atoms with Crippen LogP contribution >= 0.6 is 0 Å². The molecule has 4 aliphatic rings. The molecule has 3 saturated heterocycles. The van der Waals surface area contributed by atoms with E-state index >= 15 is 0 Å². The Labute approximate surface area is 224 Å². The number of benzene rings is 1. The van der Waals surface area contributed by atoms with E-state index in [1.807, 2.05) is 6.26 Å². The SMILES string of the molecule is C[S+]([O-])CC1(C2CCCCC2)CC2CCC(C1)N2C(=O)C1CN(C(C)(C)C)C[C@H]1c1ccc(F)cc1F. The number of piperidine rings is 1. The minimum atomic E-state index is -0.863. The summed E-state index contributed by atoms with van der Waals surface area (Å²) >= 11 is -0.863. The van der Waals surface area contributed by atoms with Crippen molar-refractivity contribution in [3.63, 3.8) is 0 Å². The van der Waals surface area contributed by atoms with Gasteiger partial charge in [-0.15, -0.1) is 0 Å². The molecule has 4 fully saturated rings. The zero-order valence-corrected chi connectivity index (χ0v) is 23.8. The molecule has 1 aromatic rings. The number of nitrogens with zero attached hydrogens (tertiary/aromatic N) is 2. The standard InChI is InChI=1S/C30H44F2N2O2S/c1-29(2,3)33-17-25(24-13-10-21(31)14-27(24)32)26(18-33)28(35)34-22-11-12-23(34)16-30(15-22,19-37(4)36)20-8-6-5-7-9-20/h10,13-14,20,22-23,25-26H,5-9,11-12,15-19H2,1-4H3/t22?,23?,25-,26?,30?,37?/m0/s1. The van der Waals surface area contributed by atoms with E-state index in [2.05, 4.69) is 30.6 Å². The van der Waals surface area contributed by atoms with Gasteiger partial charge in [0, 0.05) is 48.1 Å². The van der Waals surface area contributed by atoms with Gasteiger partial charge in [-0.3, -0.25) is 9.69 Å². The highest BCUT2D eigenvalue weighted by atomic mass is 32.2. The fraction of sp³-hybridized carbons (Fsp3) is 0.767. The molecule has 3 aliphatic heterocycles. The molecule has 3 heterocycles. The predicted molar refractivity (Wildman–Crippen MR) is 145 cm³/mol. The third kappa shape index (κ3) is 5.34. The summed E-state index contributed by atoms with van der Waals surface area (Å²) in [4.78, 5) is 18.8. The molecular formula is C30H44F2N2O2S. The zero-order chi connectivity index (χ0) is 26.5. The summed E-state index contributed by atoms with van der Waals surface area (Å²) in [5, 5.41) is 0. The lowest BCUT2D eigenvalue weighted by atomic mass is 9.63. The summed E-state index contributed by atoms with van der Waals surface area (Å²) in [6, 6.07) is 4.16. The second-order valence-corrected chi connectivity index (χ2v) is 14.8. The highest BCUT2D eigenvalue weighted by molar-refractivity contribution is 7.90. The summed E-state index contributed by atoms with van der Waals surface area (Å²) in [5.41, 5.74) is 0.373. The Morgan fingerprint density at radius 3 is 2.27 bits per heavy atom. The van der Waals surface area contributed by atoms with E-state index in [0.717, 1.165) is 37.5 Å². The number of rotatable bonds is 5. The van der Waals surface area contributed by atoms with Gasteiger partial charge in [0.15, 0.2) is 0 Å². The summed E-state index contributed by atoms with van der Waals surface area (Å²) < 4.78 is 41.3. The fourth-order valence-electron chi connectivity index (χ4n) is 8.34. The van der Waals surface area contributed by atoms with E-state index in [4.69, 9.17) is 0 Å². The molecule has 1 amide bonds. The Kier molecular flexibility index (Phi) is 7.71. The Bertz CT molecular complexity index is 976. The van der Waals surface area contributed by atoms with Crippen LogP contribution in [0.5, 0.6) is 0 Å². The van der Waals surface area contributed by atoms with Gasteiger partial charge in [0.05, 0.1) is 12.2 Å². The van der Waals surface area contributed by atoms with Crippen LogP contribution in [0.3, 0.4) is 0 Å². The van der Waals surface area contributed by atoms with E-state index in [1.54, 1.807) is 0 Å². The van der Waals surface area contributed by atoms with Crippen molar-refractivity contribution in [2.24, 2.45) is 17.3 Å². The number of hydrogen-bond donors (Lipinski definition) is 0. The molecule has 5 rings (SSSR count). The maximum Gasteiger partial charge on any atom is 0.228 e. The minimum absolute atomic E-state index is 0.0677. The summed E-state index contributed by atoms with van der Waals surface area (Å²) in [5.74, 6) is -0.280.